The minimum atomic E-state index is -0.774. The molecule has 2 aromatic carbocycles. The molecule has 0 aliphatic carbocycles. The van der Waals surface area contributed by atoms with Crippen LogP contribution in [0.5, 0.6) is 17.2 Å². The number of aliphatic hydroxyl groups is 1. The second-order valence-electron chi connectivity index (χ2n) is 9.73. The molecule has 1 aliphatic heterocycles. The summed E-state index contributed by atoms with van der Waals surface area (Å²) in [6, 6.07) is 9.94. The number of unbranched alkanes of at least 4 members (excludes halogenated alkanes) is 1. The Morgan fingerprint density at radius 2 is 1.76 bits per heavy atom. The number of ketones is 1. The number of ether oxygens (including phenoxy) is 3. The predicted octanol–water partition coefficient (Wildman–Crippen LogP) is 4.95. The van der Waals surface area contributed by atoms with Crippen molar-refractivity contribution in [3.05, 3.63) is 58.7 Å². The normalized spacial score (nSPS) is 16.8. The SMILES string of the molecule is CCCCOc1ccc(C2C(=C(O)c3ccc(OCCC)cc3C)C(=O)C(=O)N2CCN(C)C)cc1OC. The van der Waals surface area contributed by atoms with Gasteiger partial charge in [0.1, 0.15) is 11.5 Å². The second-order valence-corrected chi connectivity index (χ2v) is 9.73. The summed E-state index contributed by atoms with van der Waals surface area (Å²) in [4.78, 5) is 30.1. The average Bonchev–Trinajstić information content (AvgIpc) is 3.15. The molecule has 8 heteroatoms. The zero-order valence-corrected chi connectivity index (χ0v) is 23.4. The van der Waals surface area contributed by atoms with Gasteiger partial charge in [-0.25, -0.2) is 0 Å². The molecule has 3 rings (SSSR count). The molecule has 206 valence electrons. The Hall–Kier alpha value is -3.52. The fourth-order valence-corrected chi connectivity index (χ4v) is 4.42. The van der Waals surface area contributed by atoms with Crippen LogP contribution in [0.3, 0.4) is 0 Å². The number of rotatable bonds is 13. The van der Waals surface area contributed by atoms with E-state index in [1.807, 2.05) is 45.0 Å². The Morgan fingerprint density at radius 1 is 1.00 bits per heavy atom. The van der Waals surface area contributed by atoms with E-state index in [1.165, 1.54) is 4.90 Å². The molecule has 2 aromatic rings. The number of hydrogen-bond donors (Lipinski definition) is 1. The Morgan fingerprint density at radius 3 is 2.39 bits per heavy atom. The van der Waals surface area contributed by atoms with E-state index in [1.54, 1.807) is 31.4 Å². The van der Waals surface area contributed by atoms with Gasteiger partial charge in [-0.2, -0.15) is 0 Å². The molecule has 1 fully saturated rings. The molecule has 38 heavy (non-hydrogen) atoms. The molecule has 0 radical (unpaired) electrons. The van der Waals surface area contributed by atoms with Crippen LogP contribution in [-0.4, -0.2) is 74.1 Å². The summed E-state index contributed by atoms with van der Waals surface area (Å²) in [5.74, 6) is 0.231. The first-order chi connectivity index (χ1) is 18.2. The maximum Gasteiger partial charge on any atom is 0.295 e. The Bertz CT molecular complexity index is 1170. The monoisotopic (exact) mass is 524 g/mol. The van der Waals surface area contributed by atoms with Crippen molar-refractivity contribution in [2.75, 3.05) is 47.5 Å². The van der Waals surface area contributed by atoms with Crippen molar-refractivity contribution in [3.63, 3.8) is 0 Å². The Balaban J connectivity index is 2.11. The van der Waals surface area contributed by atoms with E-state index in [9.17, 15) is 14.7 Å². The first-order valence-corrected chi connectivity index (χ1v) is 13.2. The van der Waals surface area contributed by atoms with Gasteiger partial charge in [-0.3, -0.25) is 9.59 Å². The van der Waals surface area contributed by atoms with Gasteiger partial charge in [0, 0.05) is 18.7 Å². The van der Waals surface area contributed by atoms with E-state index in [-0.39, 0.29) is 11.3 Å². The highest BCUT2D eigenvalue weighted by Crippen LogP contribution is 2.42. The topological polar surface area (TPSA) is 88.5 Å². The summed E-state index contributed by atoms with van der Waals surface area (Å²) in [7, 11) is 5.37. The minimum absolute atomic E-state index is 0.0563. The first kappa shape index (κ1) is 29.0. The Kier molecular flexibility index (Phi) is 10.2. The number of carbonyl (C=O) groups excluding carboxylic acids is 2. The molecule has 0 bridgehead atoms. The van der Waals surface area contributed by atoms with Crippen molar-refractivity contribution >= 4 is 17.4 Å². The van der Waals surface area contributed by atoms with Gasteiger partial charge in [0.2, 0.25) is 0 Å². The van der Waals surface area contributed by atoms with Crippen molar-refractivity contribution < 1.29 is 28.9 Å². The summed E-state index contributed by atoms with van der Waals surface area (Å²) in [6.45, 7) is 7.98. The molecule has 1 N–H and O–H groups in total. The molecule has 1 amide bonds. The lowest BCUT2D eigenvalue weighted by atomic mass is 9.93. The summed E-state index contributed by atoms with van der Waals surface area (Å²) < 4.78 is 17.2. The fourth-order valence-electron chi connectivity index (χ4n) is 4.42. The predicted molar refractivity (Wildman–Crippen MR) is 148 cm³/mol. The van der Waals surface area contributed by atoms with Crippen LogP contribution in [0.4, 0.5) is 0 Å². The standard InChI is InChI=1S/C30H40N2O6/c1-7-9-17-38-24-13-10-21(19-25(24)36-6)27-26(29(34)30(35)32(27)15-14-31(4)5)28(33)23-12-11-22(18-20(23)3)37-16-8-2/h10-13,18-19,27,33H,7-9,14-17H2,1-6H3. The van der Waals surface area contributed by atoms with Crippen molar-refractivity contribution in [3.8, 4) is 17.2 Å². The van der Waals surface area contributed by atoms with E-state index < -0.39 is 17.7 Å². The van der Waals surface area contributed by atoms with E-state index in [2.05, 4.69) is 6.92 Å². The van der Waals surface area contributed by atoms with E-state index in [4.69, 9.17) is 14.2 Å². The molecule has 8 nitrogen and oxygen atoms in total. The molecule has 1 saturated heterocycles. The van der Waals surface area contributed by atoms with Gasteiger partial charge < -0.3 is 29.1 Å². The third-order valence-electron chi connectivity index (χ3n) is 6.51. The maximum absolute atomic E-state index is 13.4. The number of nitrogens with zero attached hydrogens (tertiary/aromatic N) is 2. The number of benzene rings is 2. The lowest BCUT2D eigenvalue weighted by Gasteiger charge is -2.27. The number of Topliss-reactive ketones (excluding diaryl/α,β-unsaturated/α-hetero) is 1. The summed E-state index contributed by atoms with van der Waals surface area (Å²) in [5, 5.41) is 11.5. The molecule has 1 heterocycles. The number of aryl methyl sites for hydroxylation is 1. The average molecular weight is 525 g/mol. The highest BCUT2D eigenvalue weighted by molar-refractivity contribution is 6.46. The number of likely N-dealkylation sites (N-methyl/N-ethyl adjacent to an activating group) is 1. The zero-order valence-electron chi connectivity index (χ0n) is 23.4. The lowest BCUT2D eigenvalue weighted by Crippen LogP contribution is -2.35. The molecule has 1 aliphatic rings. The molecular weight excluding hydrogens is 484 g/mol. The zero-order chi connectivity index (χ0) is 27.8. The van der Waals surface area contributed by atoms with Gasteiger partial charge in [0.25, 0.3) is 11.7 Å². The molecule has 0 aromatic heterocycles. The fraction of sp³-hybridized carbons (Fsp3) is 0.467. The molecule has 1 atom stereocenters. The quantitative estimate of drug-likeness (QED) is 0.172. The maximum atomic E-state index is 13.4. The van der Waals surface area contributed by atoms with E-state index in [0.717, 1.165) is 24.8 Å². The van der Waals surface area contributed by atoms with Crippen LogP contribution in [0.2, 0.25) is 0 Å². The number of hydrogen-bond acceptors (Lipinski definition) is 7. The molecular formula is C30H40N2O6. The van der Waals surface area contributed by atoms with Crippen LogP contribution in [0.1, 0.15) is 55.8 Å². The number of amides is 1. The van der Waals surface area contributed by atoms with Crippen molar-refractivity contribution in [1.29, 1.82) is 0 Å². The van der Waals surface area contributed by atoms with Gasteiger partial charge in [0.15, 0.2) is 11.5 Å². The van der Waals surface area contributed by atoms with Gasteiger partial charge in [0.05, 0.1) is 31.9 Å². The van der Waals surface area contributed by atoms with Crippen LogP contribution in [0.25, 0.3) is 5.76 Å². The molecule has 1 unspecified atom stereocenters. The first-order valence-electron chi connectivity index (χ1n) is 13.2. The molecule has 0 spiro atoms. The van der Waals surface area contributed by atoms with Crippen molar-refractivity contribution in [2.24, 2.45) is 0 Å². The van der Waals surface area contributed by atoms with Crippen LogP contribution in [-0.2, 0) is 9.59 Å². The molecule has 0 saturated carbocycles. The summed E-state index contributed by atoms with van der Waals surface area (Å²) in [5.41, 5.74) is 1.94. The van der Waals surface area contributed by atoms with Crippen LogP contribution in [0, 0.1) is 6.92 Å². The largest absolute Gasteiger partial charge is 0.507 e. The van der Waals surface area contributed by atoms with Gasteiger partial charge >= 0.3 is 0 Å². The summed E-state index contributed by atoms with van der Waals surface area (Å²) in [6.07, 6.45) is 2.80. The Labute approximate surface area is 225 Å². The van der Waals surface area contributed by atoms with Gasteiger partial charge in [-0.15, -0.1) is 0 Å². The number of likely N-dealkylation sites (tertiary alicyclic amines) is 1. The smallest absolute Gasteiger partial charge is 0.295 e. The van der Waals surface area contributed by atoms with Gasteiger partial charge in [-0.1, -0.05) is 26.3 Å². The third kappa shape index (κ3) is 6.48. The number of carbonyl (C=O) groups is 2. The van der Waals surface area contributed by atoms with Gasteiger partial charge in [-0.05, 0) is 75.3 Å². The minimum Gasteiger partial charge on any atom is -0.507 e. The lowest BCUT2D eigenvalue weighted by molar-refractivity contribution is -0.140. The van der Waals surface area contributed by atoms with Crippen LogP contribution in [0.15, 0.2) is 42.0 Å². The van der Waals surface area contributed by atoms with Crippen molar-refractivity contribution in [1.82, 2.24) is 9.80 Å². The number of aliphatic hydroxyl groups excluding tert-OH is 1. The highest BCUT2D eigenvalue weighted by atomic mass is 16.5. The third-order valence-corrected chi connectivity index (χ3v) is 6.51. The van der Waals surface area contributed by atoms with E-state index >= 15 is 0 Å². The van der Waals surface area contributed by atoms with Crippen molar-refractivity contribution in [2.45, 2.75) is 46.1 Å². The highest BCUT2D eigenvalue weighted by Gasteiger charge is 2.46. The van der Waals surface area contributed by atoms with E-state index in [0.29, 0.717) is 54.7 Å². The van der Waals surface area contributed by atoms with Crippen LogP contribution < -0.4 is 14.2 Å². The summed E-state index contributed by atoms with van der Waals surface area (Å²) >= 11 is 0. The number of methoxy groups -OCH3 is 1. The van der Waals surface area contributed by atoms with Crippen LogP contribution >= 0.6 is 0 Å². The second kappa shape index (κ2) is 13.3.